The van der Waals surface area contributed by atoms with Gasteiger partial charge >= 0.3 is 111 Å². The van der Waals surface area contributed by atoms with Crippen LogP contribution in [-0.2, 0) is 21.3 Å². The average molecular weight is 370 g/mol. The monoisotopic (exact) mass is 368 g/mol. The van der Waals surface area contributed by atoms with Gasteiger partial charge in [-0.05, 0) is 0 Å². The summed E-state index contributed by atoms with van der Waals surface area (Å²) in [5, 5.41) is 0. The number of hydrogen-bond acceptors (Lipinski definition) is 0. The standard InChI is InChI=1S/C9H7.C6H7.CH2.2ClH.Zr/c1-2-5-9-7-3-6-8(9)4-1;1-6-4-2-3-5-6;;;;/h1-7H;4-5H,2H2,1H3;1H2;2*1H;/q;;;;;+2/p-2. The van der Waals surface area contributed by atoms with Gasteiger partial charge in [0.15, 0.2) is 0 Å². The maximum absolute atomic E-state index is 4.58. The van der Waals surface area contributed by atoms with Crippen LogP contribution in [0.15, 0.2) is 51.3 Å². The Morgan fingerprint density at radius 3 is 2.63 bits per heavy atom. The van der Waals surface area contributed by atoms with Crippen molar-refractivity contribution in [3.63, 3.8) is 0 Å². The summed E-state index contributed by atoms with van der Waals surface area (Å²) >= 11 is -1.72. The minimum atomic E-state index is -1.72. The van der Waals surface area contributed by atoms with Crippen molar-refractivity contribution < 1.29 is 46.1 Å². The van der Waals surface area contributed by atoms with E-state index < -0.39 is 21.3 Å². The van der Waals surface area contributed by atoms with Crippen LogP contribution in [0, 0.1) is 0 Å². The van der Waals surface area contributed by atoms with Gasteiger partial charge in [0.25, 0.3) is 0 Å². The Morgan fingerprint density at radius 1 is 1.21 bits per heavy atom. The van der Waals surface area contributed by atoms with Gasteiger partial charge in [0, 0.05) is 0 Å². The van der Waals surface area contributed by atoms with E-state index in [1.54, 1.807) is 3.28 Å². The van der Waals surface area contributed by atoms with E-state index in [0.29, 0.717) is 3.63 Å². The molecule has 0 aromatic heterocycles. The predicted molar refractivity (Wildman–Crippen MR) is 71.8 cm³/mol. The topological polar surface area (TPSA) is 0 Å². The first-order valence-corrected chi connectivity index (χ1v) is 10.5. The maximum atomic E-state index is 4.58. The fraction of sp³-hybridized carbons (Fsp3) is 0.188. The fourth-order valence-electron chi connectivity index (χ4n) is 2.64. The zero-order chi connectivity index (χ0) is 11.8. The van der Waals surface area contributed by atoms with Crippen LogP contribution < -0.4 is 24.8 Å². The molecule has 0 saturated heterocycles. The molecule has 0 heterocycles. The van der Waals surface area contributed by atoms with E-state index in [9.17, 15) is 0 Å². The molecule has 0 amide bonds. The Morgan fingerprint density at radius 2 is 1.95 bits per heavy atom. The molecule has 3 rings (SSSR count). The molecule has 2 aliphatic rings. The van der Waals surface area contributed by atoms with Gasteiger partial charge in [-0.1, -0.05) is 0 Å². The number of hydrogen-bond donors (Lipinski definition) is 0. The van der Waals surface area contributed by atoms with Crippen LogP contribution in [0.4, 0.5) is 0 Å². The molecule has 0 aliphatic heterocycles. The molecule has 19 heavy (non-hydrogen) atoms. The van der Waals surface area contributed by atoms with Crippen molar-refractivity contribution in [2.45, 2.75) is 17.0 Å². The summed E-state index contributed by atoms with van der Waals surface area (Å²) in [6.45, 7) is 2.20. The summed E-state index contributed by atoms with van der Waals surface area (Å²) < 4.78 is 6.89. The summed E-state index contributed by atoms with van der Waals surface area (Å²) in [7, 11) is 0. The molecule has 1 aromatic carbocycles. The Labute approximate surface area is 135 Å². The second kappa shape index (κ2) is 6.98. The molecule has 2 aliphatic carbocycles. The van der Waals surface area contributed by atoms with Gasteiger partial charge in [0.2, 0.25) is 0 Å². The Balaban J connectivity index is 0.000000902. The zero-order valence-corrected chi connectivity index (χ0v) is 14.8. The normalized spacial score (nSPS) is 18.4. The summed E-state index contributed by atoms with van der Waals surface area (Å²) in [6, 6.07) is 8.77. The summed E-state index contributed by atoms with van der Waals surface area (Å²) in [5.41, 5.74) is 4.35. The Kier molecular flexibility index (Phi) is 6.18. The van der Waals surface area contributed by atoms with E-state index in [0.717, 1.165) is 6.42 Å². The summed E-state index contributed by atoms with van der Waals surface area (Å²) in [6.07, 6.45) is 10.6. The van der Waals surface area contributed by atoms with Crippen molar-refractivity contribution in [3.8, 4) is 0 Å². The van der Waals surface area contributed by atoms with Gasteiger partial charge in [-0.3, -0.25) is 0 Å². The third-order valence-corrected chi connectivity index (χ3v) is 9.60. The van der Waals surface area contributed by atoms with E-state index >= 15 is 0 Å². The number of rotatable bonds is 2. The van der Waals surface area contributed by atoms with Crippen LogP contribution in [0.25, 0.3) is 6.08 Å². The number of allylic oxidation sites excluding steroid dienone is 5. The van der Waals surface area contributed by atoms with Gasteiger partial charge in [-0.25, -0.2) is 0 Å². The second-order valence-corrected chi connectivity index (χ2v) is 10.5. The van der Waals surface area contributed by atoms with Crippen LogP contribution in [0.5, 0.6) is 0 Å². The van der Waals surface area contributed by atoms with E-state index in [-0.39, 0.29) is 24.8 Å². The van der Waals surface area contributed by atoms with Crippen molar-refractivity contribution in [1.29, 1.82) is 0 Å². The van der Waals surface area contributed by atoms with Gasteiger partial charge in [-0.2, -0.15) is 0 Å². The van der Waals surface area contributed by atoms with E-state index in [1.807, 2.05) is 0 Å². The Bertz CT molecular complexity index is 582. The summed E-state index contributed by atoms with van der Waals surface area (Å²) in [4.78, 5) is 0. The molecule has 1 atom stereocenters. The predicted octanol–water partition coefficient (Wildman–Crippen LogP) is -1.95. The van der Waals surface area contributed by atoms with Gasteiger partial charge < -0.3 is 24.8 Å². The first kappa shape index (κ1) is 16.8. The molecule has 3 heteroatoms. The smallest absolute Gasteiger partial charge is 1.00 e. The molecule has 1 aromatic rings. The molecule has 0 nitrogen and oxygen atoms in total. The van der Waals surface area contributed by atoms with Gasteiger partial charge in [0.05, 0.1) is 0 Å². The van der Waals surface area contributed by atoms with E-state index in [1.165, 1.54) is 16.7 Å². The molecule has 0 saturated carbocycles. The molecule has 0 spiro atoms. The Hall–Kier alpha value is -0.227. The van der Waals surface area contributed by atoms with Crippen molar-refractivity contribution >= 4 is 10.3 Å². The third-order valence-electron chi connectivity index (χ3n) is 3.63. The molecule has 0 radical (unpaired) electrons. The molecule has 0 fully saturated rings. The largest absolute Gasteiger partial charge is 1.00 e. The first-order valence-electron chi connectivity index (χ1n) is 6.09. The second-order valence-electron chi connectivity index (χ2n) is 4.81. The minimum absolute atomic E-state index is 0. The number of halogens is 2. The molecular weight excluding hydrogens is 354 g/mol. The average Bonchev–Trinajstić information content (AvgIpc) is 2.94. The van der Waals surface area contributed by atoms with Gasteiger partial charge in [0.1, 0.15) is 0 Å². The first-order chi connectivity index (χ1) is 8.25. The minimum Gasteiger partial charge on any atom is -1.00 e. The van der Waals surface area contributed by atoms with Crippen molar-refractivity contribution in [2.75, 3.05) is 0 Å². The number of fused-ring (bicyclic) bond motifs is 1. The van der Waals surface area contributed by atoms with Crippen LogP contribution in [0.3, 0.4) is 0 Å². The molecular formula is C16H16Cl2Zr. The SMILES string of the molecule is [CH2]=[Zr+2]([C]1=CC(C)=CC1)[CH]1C=Cc2ccccc21.[Cl-].[Cl-]. The zero-order valence-electron chi connectivity index (χ0n) is 10.9. The molecule has 0 N–H and O–H groups in total. The van der Waals surface area contributed by atoms with Crippen molar-refractivity contribution in [2.24, 2.45) is 0 Å². The summed E-state index contributed by atoms with van der Waals surface area (Å²) in [5.74, 6) is 0. The van der Waals surface area contributed by atoms with Gasteiger partial charge in [-0.15, -0.1) is 0 Å². The van der Waals surface area contributed by atoms with Crippen LogP contribution in [0.2, 0.25) is 0 Å². The van der Waals surface area contributed by atoms with Crippen molar-refractivity contribution in [3.05, 3.63) is 62.5 Å². The molecule has 98 valence electrons. The third kappa shape index (κ3) is 3.27. The van der Waals surface area contributed by atoms with Crippen LogP contribution >= 0.6 is 0 Å². The quantitative estimate of drug-likeness (QED) is 0.568. The van der Waals surface area contributed by atoms with E-state index in [2.05, 4.69) is 59.7 Å². The van der Waals surface area contributed by atoms with E-state index in [4.69, 9.17) is 0 Å². The van der Waals surface area contributed by atoms with Crippen molar-refractivity contribution in [1.82, 2.24) is 0 Å². The number of benzene rings is 1. The van der Waals surface area contributed by atoms with Crippen LogP contribution in [0.1, 0.15) is 28.1 Å². The molecule has 1 unspecified atom stereocenters. The maximum Gasteiger partial charge on any atom is -1.00 e. The van der Waals surface area contributed by atoms with Crippen LogP contribution in [-0.4, -0.2) is 4.21 Å². The molecule has 0 bridgehead atoms. The fourth-order valence-corrected chi connectivity index (χ4v) is 7.91.